The number of carbonyl (C=O) groups excluding carboxylic acids is 1. The standard InChI is InChI=1S/C25H23FN4O/c1-17(18-5-3-2-4-6-18)29-13-14-30-23-12-11-21(15-22(23)28-24(30)16-29)27-25(31)19-7-9-20(26)10-8-19/h2-12,15,17H,13-14,16H2,1H3,(H,27,31). The van der Waals surface area contributed by atoms with Crippen LogP contribution in [0.3, 0.4) is 0 Å². The predicted octanol–water partition coefficient (Wildman–Crippen LogP) is 5.00. The first-order chi connectivity index (χ1) is 15.1. The molecule has 3 aromatic carbocycles. The maximum atomic E-state index is 13.1. The Hall–Kier alpha value is -3.51. The number of hydrogen-bond donors (Lipinski definition) is 1. The number of carbonyl (C=O) groups is 1. The Balaban J connectivity index is 1.36. The summed E-state index contributed by atoms with van der Waals surface area (Å²) in [6.45, 7) is 4.85. The average Bonchev–Trinajstić information content (AvgIpc) is 3.16. The van der Waals surface area contributed by atoms with Gasteiger partial charge in [0.05, 0.1) is 17.6 Å². The first-order valence-corrected chi connectivity index (χ1v) is 10.4. The summed E-state index contributed by atoms with van der Waals surface area (Å²) in [5.74, 6) is 0.398. The summed E-state index contributed by atoms with van der Waals surface area (Å²) < 4.78 is 15.4. The molecule has 1 aliphatic rings. The highest BCUT2D eigenvalue weighted by Crippen LogP contribution is 2.28. The number of aromatic nitrogens is 2. The number of hydrogen-bond acceptors (Lipinski definition) is 3. The number of amides is 1. The molecule has 31 heavy (non-hydrogen) atoms. The number of imidazole rings is 1. The smallest absolute Gasteiger partial charge is 0.255 e. The predicted molar refractivity (Wildman–Crippen MR) is 119 cm³/mol. The molecular weight excluding hydrogens is 391 g/mol. The van der Waals surface area contributed by atoms with Crippen LogP contribution in [-0.4, -0.2) is 26.9 Å². The van der Waals surface area contributed by atoms with Crippen LogP contribution in [0.25, 0.3) is 11.0 Å². The first kappa shape index (κ1) is 19.5. The van der Waals surface area contributed by atoms with Crippen LogP contribution in [-0.2, 0) is 13.1 Å². The zero-order valence-corrected chi connectivity index (χ0v) is 17.3. The molecule has 4 aromatic rings. The van der Waals surface area contributed by atoms with Gasteiger partial charge in [0.25, 0.3) is 5.91 Å². The van der Waals surface area contributed by atoms with E-state index in [9.17, 15) is 9.18 Å². The second-order valence-electron chi connectivity index (χ2n) is 7.90. The Labute approximate surface area is 180 Å². The van der Waals surface area contributed by atoms with Gasteiger partial charge in [-0.25, -0.2) is 9.37 Å². The molecule has 1 amide bonds. The van der Waals surface area contributed by atoms with Gasteiger partial charge in [-0.15, -0.1) is 0 Å². The van der Waals surface area contributed by atoms with Crippen LogP contribution < -0.4 is 5.32 Å². The van der Waals surface area contributed by atoms with E-state index in [1.54, 1.807) is 0 Å². The van der Waals surface area contributed by atoms with Gasteiger partial charge in [-0.05, 0) is 55.0 Å². The second-order valence-corrected chi connectivity index (χ2v) is 7.90. The molecule has 1 aliphatic heterocycles. The Morgan fingerprint density at radius 3 is 2.58 bits per heavy atom. The molecule has 1 aromatic heterocycles. The number of anilines is 1. The molecule has 0 spiro atoms. The zero-order chi connectivity index (χ0) is 21.4. The van der Waals surface area contributed by atoms with Gasteiger partial charge < -0.3 is 9.88 Å². The van der Waals surface area contributed by atoms with E-state index in [1.807, 2.05) is 24.3 Å². The molecule has 0 radical (unpaired) electrons. The fourth-order valence-electron chi connectivity index (χ4n) is 4.19. The van der Waals surface area contributed by atoms with E-state index in [0.717, 1.165) is 36.5 Å². The third kappa shape index (κ3) is 3.82. The van der Waals surface area contributed by atoms with E-state index < -0.39 is 0 Å². The summed E-state index contributed by atoms with van der Waals surface area (Å²) in [4.78, 5) is 19.7. The topological polar surface area (TPSA) is 50.2 Å². The number of benzene rings is 3. The van der Waals surface area contributed by atoms with Crippen molar-refractivity contribution in [1.82, 2.24) is 14.5 Å². The van der Waals surface area contributed by atoms with Gasteiger partial charge in [-0.1, -0.05) is 30.3 Å². The Bertz CT molecular complexity index is 1230. The second kappa shape index (κ2) is 7.96. The van der Waals surface area contributed by atoms with Gasteiger partial charge >= 0.3 is 0 Å². The first-order valence-electron chi connectivity index (χ1n) is 10.4. The molecule has 0 bridgehead atoms. The molecule has 5 rings (SSSR count). The fourth-order valence-corrected chi connectivity index (χ4v) is 4.19. The van der Waals surface area contributed by atoms with Gasteiger partial charge in [0.1, 0.15) is 11.6 Å². The van der Waals surface area contributed by atoms with E-state index in [-0.39, 0.29) is 11.7 Å². The van der Waals surface area contributed by atoms with E-state index in [2.05, 4.69) is 46.0 Å². The van der Waals surface area contributed by atoms with Crippen molar-refractivity contribution in [1.29, 1.82) is 0 Å². The molecular formula is C25H23FN4O. The third-order valence-corrected chi connectivity index (χ3v) is 5.98. The van der Waals surface area contributed by atoms with Crippen molar-refractivity contribution in [3.05, 3.63) is 95.6 Å². The Morgan fingerprint density at radius 2 is 1.81 bits per heavy atom. The van der Waals surface area contributed by atoms with E-state index >= 15 is 0 Å². The van der Waals surface area contributed by atoms with Crippen molar-refractivity contribution in [2.24, 2.45) is 0 Å². The molecule has 156 valence electrons. The van der Waals surface area contributed by atoms with Crippen LogP contribution in [0, 0.1) is 5.82 Å². The van der Waals surface area contributed by atoms with Crippen molar-refractivity contribution < 1.29 is 9.18 Å². The Morgan fingerprint density at radius 1 is 1.03 bits per heavy atom. The summed E-state index contributed by atoms with van der Waals surface area (Å²) in [6.07, 6.45) is 0. The summed E-state index contributed by atoms with van der Waals surface area (Å²) >= 11 is 0. The van der Waals surface area contributed by atoms with Crippen molar-refractivity contribution in [2.75, 3.05) is 11.9 Å². The lowest BCUT2D eigenvalue weighted by Crippen LogP contribution is -2.35. The molecule has 0 saturated heterocycles. The lowest BCUT2D eigenvalue weighted by molar-refractivity contribution is 0.102. The van der Waals surface area contributed by atoms with E-state index in [1.165, 1.54) is 29.8 Å². The minimum Gasteiger partial charge on any atom is -0.326 e. The van der Waals surface area contributed by atoms with Crippen LogP contribution in [0.2, 0.25) is 0 Å². The molecule has 1 unspecified atom stereocenters. The molecule has 5 nitrogen and oxygen atoms in total. The molecule has 0 saturated carbocycles. The SMILES string of the molecule is CC(c1ccccc1)N1CCn2c(nc3cc(NC(=O)c4ccc(F)cc4)ccc32)C1. The normalized spacial score (nSPS) is 14.9. The largest absolute Gasteiger partial charge is 0.326 e. The minimum absolute atomic E-state index is 0.272. The molecule has 0 aliphatic carbocycles. The summed E-state index contributed by atoms with van der Waals surface area (Å²) in [7, 11) is 0. The lowest BCUT2D eigenvalue weighted by atomic mass is 10.1. The average molecular weight is 414 g/mol. The molecule has 2 heterocycles. The van der Waals surface area contributed by atoms with Crippen molar-refractivity contribution >= 4 is 22.6 Å². The summed E-state index contributed by atoms with van der Waals surface area (Å²) in [6, 6.07) is 22.1. The molecule has 1 atom stereocenters. The quantitative estimate of drug-likeness (QED) is 0.511. The van der Waals surface area contributed by atoms with Crippen LogP contribution in [0.4, 0.5) is 10.1 Å². The number of fused-ring (bicyclic) bond motifs is 3. The zero-order valence-electron chi connectivity index (χ0n) is 17.3. The van der Waals surface area contributed by atoms with Crippen molar-refractivity contribution in [3.8, 4) is 0 Å². The van der Waals surface area contributed by atoms with E-state index in [0.29, 0.717) is 17.3 Å². The number of halogens is 1. The fraction of sp³-hybridized carbons (Fsp3) is 0.200. The van der Waals surface area contributed by atoms with Gasteiger partial charge in [0, 0.05) is 30.4 Å². The van der Waals surface area contributed by atoms with Gasteiger partial charge in [-0.2, -0.15) is 0 Å². The monoisotopic (exact) mass is 414 g/mol. The molecule has 0 fully saturated rings. The van der Waals surface area contributed by atoms with Gasteiger partial charge in [0.15, 0.2) is 0 Å². The molecule has 6 heteroatoms. The lowest BCUT2D eigenvalue weighted by Gasteiger charge is -2.33. The maximum Gasteiger partial charge on any atom is 0.255 e. The van der Waals surface area contributed by atoms with Crippen molar-refractivity contribution in [2.45, 2.75) is 26.1 Å². The number of rotatable bonds is 4. The highest BCUT2D eigenvalue weighted by molar-refractivity contribution is 6.04. The van der Waals surface area contributed by atoms with Crippen LogP contribution >= 0.6 is 0 Å². The van der Waals surface area contributed by atoms with Gasteiger partial charge in [0.2, 0.25) is 0 Å². The van der Waals surface area contributed by atoms with Crippen LogP contribution in [0.5, 0.6) is 0 Å². The maximum absolute atomic E-state index is 13.1. The summed E-state index contributed by atoms with van der Waals surface area (Å²) in [5, 5.41) is 2.88. The highest BCUT2D eigenvalue weighted by Gasteiger charge is 2.24. The van der Waals surface area contributed by atoms with Crippen LogP contribution in [0.1, 0.15) is 34.7 Å². The molecule has 1 N–H and O–H groups in total. The van der Waals surface area contributed by atoms with Gasteiger partial charge in [-0.3, -0.25) is 9.69 Å². The third-order valence-electron chi connectivity index (χ3n) is 5.98. The Kier molecular flexibility index (Phi) is 5.00. The number of nitrogens with one attached hydrogen (secondary N) is 1. The number of nitrogens with zero attached hydrogens (tertiary/aromatic N) is 3. The highest BCUT2D eigenvalue weighted by atomic mass is 19.1. The summed E-state index contributed by atoms with van der Waals surface area (Å²) in [5.41, 5.74) is 4.32. The van der Waals surface area contributed by atoms with Crippen molar-refractivity contribution in [3.63, 3.8) is 0 Å². The van der Waals surface area contributed by atoms with E-state index in [4.69, 9.17) is 4.98 Å². The minimum atomic E-state index is -0.364. The van der Waals surface area contributed by atoms with Crippen LogP contribution in [0.15, 0.2) is 72.8 Å².